The second kappa shape index (κ2) is 11.5. The lowest BCUT2D eigenvalue weighted by molar-refractivity contribution is -0.151. The topological polar surface area (TPSA) is 90.7 Å². The molecule has 40 heavy (non-hydrogen) atoms. The summed E-state index contributed by atoms with van der Waals surface area (Å²) in [7, 11) is 0. The van der Waals surface area contributed by atoms with Crippen molar-refractivity contribution in [2.24, 2.45) is 0 Å². The fourth-order valence-electron chi connectivity index (χ4n) is 6.29. The summed E-state index contributed by atoms with van der Waals surface area (Å²) in [6.45, 7) is 11.6. The van der Waals surface area contributed by atoms with Gasteiger partial charge in [0.2, 0.25) is 5.88 Å². The third-order valence-electron chi connectivity index (χ3n) is 8.45. The van der Waals surface area contributed by atoms with Gasteiger partial charge in [-0.2, -0.15) is 0 Å². The van der Waals surface area contributed by atoms with Gasteiger partial charge >= 0.3 is 5.97 Å². The van der Waals surface area contributed by atoms with Crippen LogP contribution in [0.5, 0.6) is 5.88 Å². The Morgan fingerprint density at radius 3 is 2.62 bits per heavy atom. The number of fused-ring (bicyclic) bond motifs is 1. The molecule has 0 unspecified atom stereocenters. The molecule has 9 heteroatoms. The van der Waals surface area contributed by atoms with E-state index in [2.05, 4.69) is 34.5 Å². The largest absolute Gasteiger partial charge is 0.473 e. The summed E-state index contributed by atoms with van der Waals surface area (Å²) in [5.74, 6) is 0.155. The number of benzene rings is 1. The molecule has 2 aromatic heterocycles. The minimum Gasteiger partial charge on any atom is -0.473 e. The van der Waals surface area contributed by atoms with Gasteiger partial charge in [0.05, 0.1) is 42.9 Å². The highest BCUT2D eigenvalue weighted by Crippen LogP contribution is 2.39. The van der Waals surface area contributed by atoms with Crippen molar-refractivity contribution in [3.05, 3.63) is 41.6 Å². The molecule has 1 aliphatic carbocycles. The van der Waals surface area contributed by atoms with E-state index in [1.807, 2.05) is 31.5 Å². The molecular weight excluding hydrogens is 506 g/mol. The first-order valence-electron chi connectivity index (χ1n) is 14.9. The van der Waals surface area contributed by atoms with Crippen molar-refractivity contribution in [1.82, 2.24) is 25.0 Å². The fraction of sp³-hybridized carbons (Fsp3) is 0.581. The van der Waals surface area contributed by atoms with Gasteiger partial charge in [-0.15, -0.1) is 5.10 Å². The Labute approximate surface area is 236 Å². The number of hydrogen-bond acceptors (Lipinski definition) is 8. The second-order valence-electron chi connectivity index (χ2n) is 11.7. The average Bonchev–Trinajstić information content (AvgIpc) is 3.30. The number of rotatable bonds is 8. The van der Waals surface area contributed by atoms with E-state index in [1.165, 1.54) is 24.8 Å². The van der Waals surface area contributed by atoms with Gasteiger partial charge in [0, 0.05) is 31.7 Å². The fourth-order valence-corrected chi connectivity index (χ4v) is 6.29. The molecule has 2 saturated heterocycles. The van der Waals surface area contributed by atoms with Gasteiger partial charge in [-0.1, -0.05) is 43.5 Å². The van der Waals surface area contributed by atoms with Gasteiger partial charge in [0.25, 0.3) is 0 Å². The highest BCUT2D eigenvalue weighted by Gasteiger charge is 2.45. The average molecular weight is 548 g/mol. The second-order valence-corrected chi connectivity index (χ2v) is 11.7. The van der Waals surface area contributed by atoms with E-state index in [0.29, 0.717) is 23.8 Å². The van der Waals surface area contributed by atoms with Crippen LogP contribution in [0.1, 0.15) is 75.0 Å². The molecule has 4 heterocycles. The van der Waals surface area contributed by atoms with E-state index in [1.54, 1.807) is 0 Å². The highest BCUT2D eigenvalue weighted by molar-refractivity contribution is 6.01. The Balaban J connectivity index is 1.41. The normalized spacial score (nSPS) is 19.7. The van der Waals surface area contributed by atoms with E-state index in [9.17, 15) is 4.79 Å². The van der Waals surface area contributed by atoms with Crippen LogP contribution in [-0.2, 0) is 16.0 Å². The molecule has 3 aromatic rings. The number of esters is 1. The molecule has 1 N–H and O–H groups in total. The summed E-state index contributed by atoms with van der Waals surface area (Å²) in [6.07, 6.45) is 5.63. The molecule has 1 spiro atoms. The van der Waals surface area contributed by atoms with Crippen LogP contribution in [0.3, 0.4) is 0 Å². The van der Waals surface area contributed by atoms with Crippen molar-refractivity contribution in [3.8, 4) is 17.0 Å². The zero-order valence-corrected chi connectivity index (χ0v) is 23.9. The van der Waals surface area contributed by atoms with Crippen LogP contribution < -0.4 is 10.1 Å². The summed E-state index contributed by atoms with van der Waals surface area (Å²) < 4.78 is 19.2. The summed E-state index contributed by atoms with van der Waals surface area (Å²) in [6, 6.07) is 10.7. The Kier molecular flexibility index (Phi) is 7.79. The number of ether oxygens (including phenoxy) is 3. The Morgan fingerprint density at radius 1 is 1.18 bits per heavy atom. The van der Waals surface area contributed by atoms with Crippen LogP contribution in [0.4, 0.5) is 0 Å². The van der Waals surface area contributed by atoms with E-state index in [4.69, 9.17) is 24.3 Å². The van der Waals surface area contributed by atoms with Gasteiger partial charge < -0.3 is 19.5 Å². The number of piperazine rings is 1. The first kappa shape index (κ1) is 27.2. The van der Waals surface area contributed by atoms with Crippen molar-refractivity contribution < 1.29 is 19.0 Å². The van der Waals surface area contributed by atoms with Gasteiger partial charge in [-0.25, -0.2) is 14.5 Å². The molecule has 3 fully saturated rings. The number of nitrogens with zero attached hydrogens (tertiary/aromatic N) is 4. The lowest BCUT2D eigenvalue weighted by atomic mass is 9.91. The van der Waals surface area contributed by atoms with Crippen molar-refractivity contribution in [2.45, 2.75) is 77.1 Å². The first-order valence-corrected chi connectivity index (χ1v) is 14.9. The number of carbonyl (C=O) groups excluding carboxylic acids is 1. The molecule has 1 aromatic carbocycles. The molecule has 6 rings (SSSR count). The molecule has 9 nitrogen and oxygen atoms in total. The van der Waals surface area contributed by atoms with E-state index in [0.717, 1.165) is 68.7 Å². The molecule has 0 atom stereocenters. The predicted molar refractivity (Wildman–Crippen MR) is 154 cm³/mol. The Bertz CT molecular complexity index is 1340. The number of aromatic nitrogens is 3. The lowest BCUT2D eigenvalue weighted by Gasteiger charge is -2.52. The summed E-state index contributed by atoms with van der Waals surface area (Å²) in [5, 5.41) is 9.35. The minimum atomic E-state index is -0.420. The van der Waals surface area contributed by atoms with Crippen LogP contribution >= 0.6 is 0 Å². The highest BCUT2D eigenvalue weighted by atomic mass is 16.5. The van der Waals surface area contributed by atoms with Gasteiger partial charge in [-0.3, -0.25) is 4.90 Å². The van der Waals surface area contributed by atoms with Crippen LogP contribution in [0.15, 0.2) is 30.3 Å². The van der Waals surface area contributed by atoms with E-state index in [-0.39, 0.29) is 17.7 Å². The maximum Gasteiger partial charge on any atom is 0.357 e. The van der Waals surface area contributed by atoms with Crippen molar-refractivity contribution >= 4 is 17.0 Å². The zero-order chi connectivity index (χ0) is 27.7. The molecular formula is C31H41N5O4. The number of nitrogens with one attached hydrogen (secondary N) is 1. The number of hydrogen-bond donors (Lipinski definition) is 1. The molecule has 2 aliphatic heterocycles. The van der Waals surface area contributed by atoms with Crippen LogP contribution in [0.25, 0.3) is 22.2 Å². The number of pyridine rings is 1. The van der Waals surface area contributed by atoms with E-state index >= 15 is 0 Å². The summed E-state index contributed by atoms with van der Waals surface area (Å²) in [5.41, 5.74) is 4.25. The molecule has 0 bridgehead atoms. The SMILES string of the molecule is CCOC(=O)c1cc(-c2ccc(CN3CCNCC34COC4)cc2)c2c(OC(C)C)nn(C3CCCCC3)c2n1. The van der Waals surface area contributed by atoms with Crippen molar-refractivity contribution in [3.63, 3.8) is 0 Å². The van der Waals surface area contributed by atoms with Gasteiger partial charge in [-0.05, 0) is 50.8 Å². The molecule has 0 amide bonds. The monoisotopic (exact) mass is 547 g/mol. The zero-order valence-electron chi connectivity index (χ0n) is 23.9. The third kappa shape index (κ3) is 5.22. The third-order valence-corrected chi connectivity index (χ3v) is 8.45. The van der Waals surface area contributed by atoms with Crippen molar-refractivity contribution in [1.29, 1.82) is 0 Å². The van der Waals surface area contributed by atoms with Crippen LogP contribution in [0.2, 0.25) is 0 Å². The molecule has 1 saturated carbocycles. The first-order chi connectivity index (χ1) is 19.5. The number of carbonyl (C=O) groups is 1. The van der Waals surface area contributed by atoms with Crippen LogP contribution in [-0.4, -0.2) is 76.7 Å². The maximum absolute atomic E-state index is 12.9. The smallest absolute Gasteiger partial charge is 0.357 e. The molecule has 0 radical (unpaired) electrons. The minimum absolute atomic E-state index is 0.0419. The Morgan fingerprint density at radius 2 is 1.95 bits per heavy atom. The summed E-state index contributed by atoms with van der Waals surface area (Å²) >= 11 is 0. The quantitative estimate of drug-likeness (QED) is 0.405. The van der Waals surface area contributed by atoms with Crippen molar-refractivity contribution in [2.75, 3.05) is 39.5 Å². The van der Waals surface area contributed by atoms with E-state index < -0.39 is 5.97 Å². The maximum atomic E-state index is 12.9. The lowest BCUT2D eigenvalue weighted by Crippen LogP contribution is -2.70. The van der Waals surface area contributed by atoms with Gasteiger partial charge in [0.1, 0.15) is 0 Å². The molecule has 214 valence electrons. The van der Waals surface area contributed by atoms with Crippen LogP contribution in [0, 0.1) is 0 Å². The molecule has 3 aliphatic rings. The summed E-state index contributed by atoms with van der Waals surface area (Å²) in [4.78, 5) is 20.3. The predicted octanol–water partition coefficient (Wildman–Crippen LogP) is 4.74. The Hall–Kier alpha value is -3.01. The van der Waals surface area contributed by atoms with Gasteiger partial charge in [0.15, 0.2) is 11.3 Å². The standard InChI is InChI=1S/C31H41N5O4/c1-4-39-30(37)26-16-25(23-12-10-22(11-13-23)17-35-15-14-32-18-31(35)19-38-20-31)27-28(33-26)36(24-8-6-5-7-9-24)34-29(27)40-21(2)3/h10-13,16,21,24,32H,4-9,14-15,17-20H2,1-3H3.